The molecule has 1 heterocycles. The molecule has 0 fully saturated rings. The van der Waals surface area contributed by atoms with Crippen molar-refractivity contribution in [2.24, 2.45) is 0 Å². The van der Waals surface area contributed by atoms with E-state index in [1.165, 1.54) is 0 Å². The van der Waals surface area contributed by atoms with Crippen LogP contribution < -0.4 is 0 Å². The molecule has 0 bridgehead atoms. The molecule has 0 aliphatic heterocycles. The van der Waals surface area contributed by atoms with E-state index in [2.05, 4.69) is 4.98 Å². The van der Waals surface area contributed by atoms with Crippen molar-refractivity contribution in [3.05, 3.63) is 29.6 Å². The Morgan fingerprint density at radius 1 is 1.58 bits per heavy atom. The van der Waals surface area contributed by atoms with Gasteiger partial charge in [-0.05, 0) is 17.2 Å². The van der Waals surface area contributed by atoms with E-state index in [0.29, 0.717) is 12.7 Å². The van der Waals surface area contributed by atoms with Gasteiger partial charge in [-0.1, -0.05) is 0 Å². The summed E-state index contributed by atoms with van der Waals surface area (Å²) in [5.41, 5.74) is 1.71. The third-order valence-corrected chi connectivity index (χ3v) is 2.13. The van der Waals surface area contributed by atoms with Crippen LogP contribution in [0.5, 0.6) is 0 Å². The van der Waals surface area contributed by atoms with Crippen molar-refractivity contribution >= 4 is 12.1 Å². The molecule has 0 amide bonds. The number of carbonyl (C=O) groups is 2. The van der Waals surface area contributed by atoms with Crippen molar-refractivity contribution in [1.82, 2.24) is 4.98 Å². The number of hydrogen-bond donors (Lipinski definition) is 0. The minimum absolute atomic E-state index is 0.0204. The van der Waals surface area contributed by atoms with Gasteiger partial charge in [-0.2, -0.15) is 0 Å². The molecule has 0 N–H and O–H groups in total. The normalized spacial score (nSPS) is 20.7. The Hall–Kier alpha value is -1.51. The molecule has 1 unspecified atom stereocenters. The first-order chi connectivity index (χ1) is 5.83. The Morgan fingerprint density at radius 3 is 3.17 bits per heavy atom. The molecular weight excluding hydrogens is 154 g/mol. The molecule has 0 saturated heterocycles. The van der Waals surface area contributed by atoms with Crippen molar-refractivity contribution in [2.75, 3.05) is 0 Å². The second kappa shape index (κ2) is 2.52. The van der Waals surface area contributed by atoms with Crippen LogP contribution in [-0.2, 0) is 16.0 Å². The van der Waals surface area contributed by atoms with E-state index in [4.69, 9.17) is 0 Å². The molecule has 2 rings (SSSR count). The summed E-state index contributed by atoms with van der Waals surface area (Å²) in [7, 11) is 0. The summed E-state index contributed by atoms with van der Waals surface area (Å²) in [4.78, 5) is 25.6. The molecule has 1 aliphatic rings. The van der Waals surface area contributed by atoms with Crippen LogP contribution in [0.15, 0.2) is 18.5 Å². The van der Waals surface area contributed by atoms with Crippen LogP contribution in [0.4, 0.5) is 0 Å². The second-order valence-electron chi connectivity index (χ2n) is 2.83. The van der Waals surface area contributed by atoms with Gasteiger partial charge in [-0.3, -0.25) is 9.78 Å². The van der Waals surface area contributed by atoms with Crippen LogP contribution in [0.2, 0.25) is 0 Å². The van der Waals surface area contributed by atoms with Gasteiger partial charge in [0.15, 0.2) is 5.78 Å². The number of hydrogen-bond acceptors (Lipinski definition) is 3. The van der Waals surface area contributed by atoms with E-state index in [-0.39, 0.29) is 5.78 Å². The van der Waals surface area contributed by atoms with Crippen LogP contribution >= 0.6 is 0 Å². The number of pyridine rings is 1. The number of ketones is 1. The summed E-state index contributed by atoms with van der Waals surface area (Å²) < 4.78 is 0. The lowest BCUT2D eigenvalue weighted by atomic mass is 10.1. The van der Waals surface area contributed by atoms with Gasteiger partial charge in [0.05, 0.1) is 0 Å². The smallest absolute Gasteiger partial charge is 0.151 e. The van der Waals surface area contributed by atoms with Gasteiger partial charge in [-0.15, -0.1) is 0 Å². The van der Waals surface area contributed by atoms with Crippen molar-refractivity contribution in [1.29, 1.82) is 0 Å². The third kappa shape index (κ3) is 0.863. The molecule has 12 heavy (non-hydrogen) atoms. The second-order valence-corrected chi connectivity index (χ2v) is 2.83. The summed E-state index contributed by atoms with van der Waals surface area (Å²) in [5, 5.41) is 0. The Bertz CT molecular complexity index is 346. The highest BCUT2D eigenvalue weighted by atomic mass is 16.1. The van der Waals surface area contributed by atoms with Crippen LogP contribution in [0, 0.1) is 0 Å². The highest BCUT2D eigenvalue weighted by molar-refractivity contribution is 6.03. The van der Waals surface area contributed by atoms with E-state index >= 15 is 0 Å². The first-order valence-electron chi connectivity index (χ1n) is 3.73. The zero-order valence-corrected chi connectivity index (χ0v) is 6.36. The number of rotatable bonds is 1. The molecule has 1 aromatic rings. The lowest BCUT2D eigenvalue weighted by molar-refractivity contribution is -0.122. The zero-order valence-electron chi connectivity index (χ0n) is 6.36. The maximum Gasteiger partial charge on any atom is 0.151 e. The predicted molar refractivity (Wildman–Crippen MR) is 41.8 cm³/mol. The zero-order chi connectivity index (χ0) is 8.55. The molecule has 0 radical (unpaired) electrons. The van der Waals surface area contributed by atoms with E-state index in [0.717, 1.165) is 11.1 Å². The maximum atomic E-state index is 11.2. The largest absolute Gasteiger partial charge is 0.302 e. The Balaban J connectivity index is 2.54. The minimum Gasteiger partial charge on any atom is -0.302 e. The number of fused-ring (bicyclic) bond motifs is 1. The Labute approximate surface area is 69.4 Å². The predicted octanol–water partition coefficient (Wildman–Crippen LogP) is 0.489. The molecule has 0 spiro atoms. The molecule has 60 valence electrons. The van der Waals surface area contributed by atoms with Gasteiger partial charge in [0.1, 0.15) is 12.2 Å². The lowest BCUT2D eigenvalue weighted by Gasteiger charge is -1.98. The minimum atomic E-state index is -0.561. The van der Waals surface area contributed by atoms with Crippen LogP contribution in [-0.4, -0.2) is 17.1 Å². The van der Waals surface area contributed by atoms with Gasteiger partial charge >= 0.3 is 0 Å². The summed E-state index contributed by atoms with van der Waals surface area (Å²) in [6.45, 7) is 0. The number of aldehydes is 1. The van der Waals surface area contributed by atoms with Gasteiger partial charge in [0.25, 0.3) is 0 Å². The van der Waals surface area contributed by atoms with Crippen LogP contribution in [0.1, 0.15) is 17.0 Å². The molecule has 1 aromatic heterocycles. The van der Waals surface area contributed by atoms with Gasteiger partial charge < -0.3 is 4.79 Å². The highest BCUT2D eigenvalue weighted by Crippen LogP contribution is 2.27. The molecule has 0 aromatic carbocycles. The van der Waals surface area contributed by atoms with E-state index in [1.807, 2.05) is 0 Å². The monoisotopic (exact) mass is 161 g/mol. The number of Topliss-reactive ketones (excluding diaryl/α,β-unsaturated/α-hetero) is 1. The first-order valence-corrected chi connectivity index (χ1v) is 3.73. The number of aromatic nitrogens is 1. The van der Waals surface area contributed by atoms with E-state index in [1.54, 1.807) is 18.5 Å². The summed E-state index contributed by atoms with van der Waals surface area (Å²) >= 11 is 0. The fraction of sp³-hybridized carbons (Fsp3) is 0.222. The molecule has 3 heteroatoms. The van der Waals surface area contributed by atoms with Gasteiger partial charge in [0.2, 0.25) is 0 Å². The molecule has 1 atom stereocenters. The van der Waals surface area contributed by atoms with Crippen molar-refractivity contribution in [3.8, 4) is 0 Å². The van der Waals surface area contributed by atoms with E-state index < -0.39 is 5.92 Å². The lowest BCUT2D eigenvalue weighted by Crippen LogP contribution is -2.06. The van der Waals surface area contributed by atoms with Crippen LogP contribution in [0.25, 0.3) is 0 Å². The third-order valence-electron chi connectivity index (χ3n) is 2.13. The topological polar surface area (TPSA) is 47.0 Å². The maximum absolute atomic E-state index is 11.2. The number of nitrogens with zero attached hydrogens (tertiary/aromatic N) is 1. The standard InChI is InChI=1S/C9H7NO2/c11-5-8-7-4-10-2-1-6(7)3-9(8)12/h1-2,4-5,8H,3H2. The van der Waals surface area contributed by atoms with Crippen molar-refractivity contribution in [3.63, 3.8) is 0 Å². The fourth-order valence-corrected chi connectivity index (χ4v) is 1.50. The van der Waals surface area contributed by atoms with Crippen LogP contribution in [0.3, 0.4) is 0 Å². The van der Waals surface area contributed by atoms with E-state index in [9.17, 15) is 9.59 Å². The Morgan fingerprint density at radius 2 is 2.42 bits per heavy atom. The SMILES string of the molecule is O=CC1C(=O)Cc2ccncc21. The summed E-state index contributed by atoms with van der Waals surface area (Å²) in [6.07, 6.45) is 4.30. The molecule has 1 aliphatic carbocycles. The summed E-state index contributed by atoms with van der Waals surface area (Å²) in [6, 6.07) is 1.79. The fourth-order valence-electron chi connectivity index (χ4n) is 1.50. The first kappa shape index (κ1) is 7.16. The average molecular weight is 161 g/mol. The van der Waals surface area contributed by atoms with Gasteiger partial charge in [0, 0.05) is 18.8 Å². The molecule has 3 nitrogen and oxygen atoms in total. The van der Waals surface area contributed by atoms with Crippen molar-refractivity contribution in [2.45, 2.75) is 12.3 Å². The number of carbonyl (C=O) groups excluding carboxylic acids is 2. The quantitative estimate of drug-likeness (QED) is 0.445. The molecular formula is C9H7NO2. The molecule has 0 saturated carbocycles. The van der Waals surface area contributed by atoms with Gasteiger partial charge in [-0.25, -0.2) is 0 Å². The average Bonchev–Trinajstić information content (AvgIpc) is 2.40. The summed E-state index contributed by atoms with van der Waals surface area (Å²) in [5.74, 6) is -0.582. The Kier molecular flexibility index (Phi) is 1.50. The van der Waals surface area contributed by atoms with Crippen molar-refractivity contribution < 1.29 is 9.59 Å². The highest BCUT2D eigenvalue weighted by Gasteiger charge is 2.29.